The van der Waals surface area contributed by atoms with Crippen LogP contribution in [0.2, 0.25) is 0 Å². The van der Waals surface area contributed by atoms with Gasteiger partial charge in [-0.3, -0.25) is 0 Å². The van der Waals surface area contributed by atoms with Crippen LogP contribution in [0.25, 0.3) is 0 Å². The Balaban J connectivity index is 2.41. The first-order valence-electron chi connectivity index (χ1n) is 2.79. The van der Waals surface area contributed by atoms with Crippen LogP contribution in [-0.2, 0) is 10.9 Å². The molecule has 0 aromatic carbocycles. The third kappa shape index (κ3) is 1.41. The summed E-state index contributed by atoms with van der Waals surface area (Å²) in [5.41, 5.74) is 0. The number of thiol groups is 1. The molecule has 1 fully saturated rings. The summed E-state index contributed by atoms with van der Waals surface area (Å²) in [6.45, 7) is 1.58. The molecule has 0 bridgehead atoms. The quantitative estimate of drug-likeness (QED) is 0.467. The van der Waals surface area contributed by atoms with Gasteiger partial charge in [0, 0.05) is 26.2 Å². The maximum Gasteiger partial charge on any atom is 0.204 e. The van der Waals surface area contributed by atoms with Crippen molar-refractivity contribution in [3.05, 3.63) is 0 Å². The maximum atomic E-state index is 10.3. The lowest BCUT2D eigenvalue weighted by molar-refractivity contribution is 0.280. The summed E-state index contributed by atoms with van der Waals surface area (Å²) in [6.07, 6.45) is 0. The Morgan fingerprint density at radius 1 is 1.56 bits per heavy atom. The van der Waals surface area contributed by atoms with E-state index in [4.69, 9.17) is 0 Å². The molecule has 0 aromatic heterocycles. The van der Waals surface area contributed by atoms with Crippen molar-refractivity contribution in [1.82, 2.24) is 9.62 Å². The maximum absolute atomic E-state index is 10.3. The molecule has 0 aromatic rings. The molecule has 0 saturated carbocycles. The molecule has 1 rings (SSSR count). The zero-order valence-corrected chi connectivity index (χ0v) is 6.10. The third-order valence-electron chi connectivity index (χ3n) is 1.55. The van der Waals surface area contributed by atoms with E-state index in [1.807, 2.05) is 0 Å². The number of nitrogens with zero attached hydrogens (tertiary/aromatic N) is 1. The molecule has 1 N–H and O–H groups in total. The molecular formula is C4H10N2O2S. The summed E-state index contributed by atoms with van der Waals surface area (Å²) in [5.74, 6) is 0. The normalized spacial score (nSPS) is 20.8. The van der Waals surface area contributed by atoms with E-state index in [1.165, 1.54) is 4.31 Å². The largest absolute Gasteiger partial charge is 0.313 e. The van der Waals surface area contributed by atoms with E-state index in [9.17, 15) is 8.42 Å². The zero-order valence-electron chi connectivity index (χ0n) is 5.20. The second-order valence-electron chi connectivity index (χ2n) is 2.12. The van der Waals surface area contributed by atoms with Crippen molar-refractivity contribution in [1.29, 1.82) is 0 Å². The summed E-state index contributed by atoms with van der Waals surface area (Å²) >= 11 is 0. The first kappa shape index (κ1) is 6.98. The molecule has 0 amide bonds. The minimum atomic E-state index is -2.36. The van der Waals surface area contributed by atoms with Gasteiger partial charge < -0.3 is 5.32 Å². The fourth-order valence-corrected chi connectivity index (χ4v) is 1.10. The number of nitrogens with one attached hydrogen (secondary N) is 1. The number of rotatable bonds is 2. The standard InChI is InChI=1S/C4H10N2O2S/c1-6(9(7)8)4-2-5-3-4/h4-5,9H,2-3H2,1H3. The van der Waals surface area contributed by atoms with Gasteiger partial charge in [0.2, 0.25) is 10.9 Å². The van der Waals surface area contributed by atoms with Gasteiger partial charge in [-0.1, -0.05) is 0 Å². The minimum Gasteiger partial charge on any atom is -0.313 e. The predicted molar refractivity (Wildman–Crippen MR) is 34.7 cm³/mol. The molecule has 1 heterocycles. The van der Waals surface area contributed by atoms with Crippen LogP contribution >= 0.6 is 0 Å². The molecule has 1 aliphatic heterocycles. The lowest BCUT2D eigenvalue weighted by Crippen LogP contribution is -2.55. The van der Waals surface area contributed by atoms with Crippen molar-refractivity contribution in [3.8, 4) is 0 Å². The molecule has 4 nitrogen and oxygen atoms in total. The molecule has 0 aliphatic carbocycles. The highest BCUT2D eigenvalue weighted by Gasteiger charge is 2.22. The van der Waals surface area contributed by atoms with Crippen LogP contribution in [0.1, 0.15) is 0 Å². The molecule has 0 spiro atoms. The van der Waals surface area contributed by atoms with E-state index >= 15 is 0 Å². The summed E-state index contributed by atoms with van der Waals surface area (Å²) in [5, 5.41) is 2.99. The van der Waals surface area contributed by atoms with Gasteiger partial charge in [0.15, 0.2) is 0 Å². The SMILES string of the molecule is CN(C1CNC1)[SH](=O)=O. The van der Waals surface area contributed by atoms with E-state index < -0.39 is 10.9 Å². The van der Waals surface area contributed by atoms with E-state index in [2.05, 4.69) is 5.32 Å². The first-order valence-corrected chi connectivity index (χ1v) is 3.92. The zero-order chi connectivity index (χ0) is 6.85. The van der Waals surface area contributed by atoms with Gasteiger partial charge in [-0.2, -0.15) is 0 Å². The Hall–Kier alpha value is -0.130. The minimum absolute atomic E-state index is 0.200. The van der Waals surface area contributed by atoms with Crippen LogP contribution in [0.15, 0.2) is 0 Å². The smallest absolute Gasteiger partial charge is 0.204 e. The second kappa shape index (κ2) is 2.64. The summed E-state index contributed by atoms with van der Waals surface area (Å²) < 4.78 is 21.9. The van der Waals surface area contributed by atoms with Gasteiger partial charge in [-0.15, -0.1) is 0 Å². The molecule has 0 unspecified atom stereocenters. The number of hydrogen-bond acceptors (Lipinski definition) is 3. The predicted octanol–water partition coefficient (Wildman–Crippen LogP) is -1.58. The van der Waals surface area contributed by atoms with Crippen LogP contribution in [0.5, 0.6) is 0 Å². The fourth-order valence-electron chi connectivity index (χ4n) is 0.671. The van der Waals surface area contributed by atoms with Gasteiger partial charge in [-0.25, -0.2) is 12.7 Å². The van der Waals surface area contributed by atoms with Crippen molar-refractivity contribution in [3.63, 3.8) is 0 Å². The van der Waals surface area contributed by atoms with Crippen molar-refractivity contribution < 1.29 is 8.42 Å². The fraction of sp³-hybridized carbons (Fsp3) is 1.00. The van der Waals surface area contributed by atoms with Gasteiger partial charge >= 0.3 is 0 Å². The number of hydrogen-bond donors (Lipinski definition) is 2. The summed E-state index contributed by atoms with van der Waals surface area (Å²) in [4.78, 5) is 0. The van der Waals surface area contributed by atoms with E-state index in [0.29, 0.717) is 0 Å². The van der Waals surface area contributed by atoms with Crippen LogP contribution in [0.4, 0.5) is 0 Å². The van der Waals surface area contributed by atoms with Gasteiger partial charge in [0.05, 0.1) is 0 Å². The van der Waals surface area contributed by atoms with Gasteiger partial charge in [0.1, 0.15) is 0 Å². The Labute approximate surface area is 55.9 Å². The first-order chi connectivity index (χ1) is 4.22. The van der Waals surface area contributed by atoms with Gasteiger partial charge in [-0.05, 0) is 0 Å². The Bertz CT molecular complexity index is 156. The lowest BCUT2D eigenvalue weighted by atomic mass is 10.2. The molecule has 1 aliphatic rings. The monoisotopic (exact) mass is 150 g/mol. The van der Waals surface area contributed by atoms with Crippen molar-refractivity contribution in [2.45, 2.75) is 6.04 Å². The average molecular weight is 150 g/mol. The van der Waals surface area contributed by atoms with Crippen LogP contribution in [0, 0.1) is 0 Å². The highest BCUT2D eigenvalue weighted by atomic mass is 32.2. The number of likely N-dealkylation sites (N-methyl/N-ethyl adjacent to an activating group) is 1. The lowest BCUT2D eigenvalue weighted by Gasteiger charge is -2.31. The van der Waals surface area contributed by atoms with Gasteiger partial charge in [0.25, 0.3) is 0 Å². The van der Waals surface area contributed by atoms with Crippen molar-refractivity contribution in [2.24, 2.45) is 0 Å². The molecular weight excluding hydrogens is 140 g/mol. The van der Waals surface area contributed by atoms with E-state index in [-0.39, 0.29) is 6.04 Å². The molecule has 54 valence electrons. The highest BCUT2D eigenvalue weighted by molar-refractivity contribution is 7.69. The van der Waals surface area contributed by atoms with Crippen LogP contribution in [-0.4, -0.2) is 38.9 Å². The van der Waals surface area contributed by atoms with Crippen LogP contribution in [0.3, 0.4) is 0 Å². The second-order valence-corrected chi connectivity index (χ2v) is 3.23. The average Bonchev–Trinajstić information content (AvgIpc) is 1.60. The van der Waals surface area contributed by atoms with Crippen molar-refractivity contribution >= 4 is 10.9 Å². The Kier molecular flexibility index (Phi) is 2.05. The van der Waals surface area contributed by atoms with Crippen molar-refractivity contribution in [2.75, 3.05) is 20.1 Å². The Morgan fingerprint density at radius 3 is 2.22 bits per heavy atom. The van der Waals surface area contributed by atoms with E-state index in [0.717, 1.165) is 13.1 Å². The topological polar surface area (TPSA) is 49.4 Å². The molecule has 0 atom stereocenters. The third-order valence-corrected chi connectivity index (χ3v) is 2.39. The van der Waals surface area contributed by atoms with E-state index in [1.54, 1.807) is 7.05 Å². The molecule has 5 heteroatoms. The highest BCUT2D eigenvalue weighted by Crippen LogP contribution is 2.00. The molecule has 1 saturated heterocycles. The molecule has 0 radical (unpaired) electrons. The Morgan fingerprint density at radius 2 is 2.11 bits per heavy atom. The summed E-state index contributed by atoms with van der Waals surface area (Å²) in [6, 6.07) is 0.200. The summed E-state index contributed by atoms with van der Waals surface area (Å²) in [7, 11) is -0.768. The van der Waals surface area contributed by atoms with Crippen LogP contribution < -0.4 is 5.32 Å². The molecule has 9 heavy (non-hydrogen) atoms.